The molecule has 0 radical (unpaired) electrons. The third-order valence-corrected chi connectivity index (χ3v) is 4.56. The molecule has 1 saturated carbocycles. The Morgan fingerprint density at radius 1 is 1.35 bits per heavy atom. The molecule has 122 valence electrons. The smallest absolute Gasteiger partial charge is 0.234 e. The zero-order valence-corrected chi connectivity index (χ0v) is 13.8. The molecule has 1 aromatic carbocycles. The van der Waals surface area contributed by atoms with E-state index < -0.39 is 0 Å². The summed E-state index contributed by atoms with van der Waals surface area (Å²) < 4.78 is 15.0. The van der Waals surface area contributed by atoms with Crippen LogP contribution in [-0.4, -0.2) is 26.4 Å². The molecule has 2 aromatic rings. The van der Waals surface area contributed by atoms with E-state index in [1.165, 1.54) is 36.7 Å². The summed E-state index contributed by atoms with van der Waals surface area (Å²) in [6.45, 7) is 2.99. The quantitative estimate of drug-likeness (QED) is 0.788. The zero-order chi connectivity index (χ0) is 16.2. The summed E-state index contributed by atoms with van der Waals surface area (Å²) in [7, 11) is 0. The van der Waals surface area contributed by atoms with E-state index in [-0.39, 0.29) is 17.5 Å². The molecule has 1 aliphatic rings. The minimum absolute atomic E-state index is 0.138. The van der Waals surface area contributed by atoms with Gasteiger partial charge in [-0.05, 0) is 43.5 Å². The summed E-state index contributed by atoms with van der Waals surface area (Å²) in [4.78, 5) is 12.0. The van der Waals surface area contributed by atoms with Gasteiger partial charge in [0.1, 0.15) is 11.6 Å². The van der Waals surface area contributed by atoms with Crippen molar-refractivity contribution in [2.24, 2.45) is 0 Å². The van der Waals surface area contributed by atoms with Crippen LogP contribution in [0.3, 0.4) is 0 Å². The second kappa shape index (κ2) is 7.12. The predicted octanol–water partition coefficient (Wildman–Crippen LogP) is 3.44. The van der Waals surface area contributed by atoms with Gasteiger partial charge in [-0.25, -0.2) is 4.39 Å². The van der Waals surface area contributed by atoms with Crippen molar-refractivity contribution in [3.05, 3.63) is 35.9 Å². The molecule has 0 spiro atoms. The van der Waals surface area contributed by atoms with E-state index in [2.05, 4.69) is 27.0 Å². The van der Waals surface area contributed by atoms with E-state index in [4.69, 9.17) is 0 Å². The van der Waals surface area contributed by atoms with Crippen LogP contribution in [0.15, 0.2) is 29.4 Å². The molecule has 0 saturated heterocycles. The topological polar surface area (TPSA) is 59.8 Å². The number of nitrogens with one attached hydrogen (secondary N) is 1. The third kappa shape index (κ3) is 4.10. The monoisotopic (exact) mass is 334 g/mol. The highest BCUT2D eigenvalue weighted by Gasteiger charge is 2.30. The summed E-state index contributed by atoms with van der Waals surface area (Å²) in [5, 5.41) is 12.1. The second-order valence-corrected chi connectivity index (χ2v) is 6.55. The Morgan fingerprint density at radius 2 is 2.09 bits per heavy atom. The fraction of sp³-hybridized carbons (Fsp3) is 0.438. The second-order valence-electron chi connectivity index (χ2n) is 5.61. The lowest BCUT2D eigenvalue weighted by atomic mass is 10.3. The van der Waals surface area contributed by atoms with Crippen LogP contribution in [-0.2, 0) is 11.3 Å². The SMILES string of the molecule is CCCn1c(SCC(=O)Nc2ccc(F)cc2)nnc1C1CC1. The number of hydrogen-bond acceptors (Lipinski definition) is 4. The number of rotatable bonds is 7. The van der Waals surface area contributed by atoms with Crippen molar-refractivity contribution >= 4 is 23.4 Å². The van der Waals surface area contributed by atoms with Gasteiger partial charge in [-0.2, -0.15) is 0 Å². The molecule has 0 atom stereocenters. The minimum Gasteiger partial charge on any atom is -0.325 e. The van der Waals surface area contributed by atoms with Gasteiger partial charge in [0.05, 0.1) is 5.75 Å². The fourth-order valence-electron chi connectivity index (χ4n) is 2.34. The first-order valence-electron chi connectivity index (χ1n) is 7.78. The number of hydrogen-bond donors (Lipinski definition) is 1. The minimum atomic E-state index is -0.322. The molecule has 1 heterocycles. The Kier molecular flexibility index (Phi) is 4.95. The summed E-state index contributed by atoms with van der Waals surface area (Å²) in [5.41, 5.74) is 0.589. The standard InChI is InChI=1S/C16H19FN4OS/c1-2-9-21-15(11-3-4-11)19-20-16(21)23-10-14(22)18-13-7-5-12(17)6-8-13/h5-8,11H,2-4,9-10H2,1H3,(H,18,22). The van der Waals surface area contributed by atoms with E-state index in [0.29, 0.717) is 11.6 Å². The van der Waals surface area contributed by atoms with Crippen molar-refractivity contribution < 1.29 is 9.18 Å². The van der Waals surface area contributed by atoms with Gasteiger partial charge < -0.3 is 9.88 Å². The van der Waals surface area contributed by atoms with Crippen LogP contribution in [0.25, 0.3) is 0 Å². The van der Waals surface area contributed by atoms with E-state index >= 15 is 0 Å². The number of benzene rings is 1. The molecule has 0 aliphatic heterocycles. The molecule has 1 fully saturated rings. The zero-order valence-electron chi connectivity index (χ0n) is 13.0. The highest BCUT2D eigenvalue weighted by molar-refractivity contribution is 7.99. The lowest BCUT2D eigenvalue weighted by Gasteiger charge is -2.08. The molecule has 0 unspecified atom stereocenters. The van der Waals surface area contributed by atoms with Gasteiger partial charge >= 0.3 is 0 Å². The summed E-state index contributed by atoms with van der Waals surface area (Å²) in [5.74, 6) is 1.38. The molecule has 1 aliphatic carbocycles. The Morgan fingerprint density at radius 3 is 2.74 bits per heavy atom. The van der Waals surface area contributed by atoms with Gasteiger partial charge in [0.25, 0.3) is 0 Å². The Hall–Kier alpha value is -1.89. The highest BCUT2D eigenvalue weighted by Crippen LogP contribution is 2.40. The highest BCUT2D eigenvalue weighted by atomic mass is 32.2. The van der Waals surface area contributed by atoms with Crippen molar-refractivity contribution in [3.63, 3.8) is 0 Å². The van der Waals surface area contributed by atoms with Crippen molar-refractivity contribution in [3.8, 4) is 0 Å². The number of carbonyl (C=O) groups is 1. The van der Waals surface area contributed by atoms with E-state index in [1.54, 1.807) is 12.1 Å². The van der Waals surface area contributed by atoms with Gasteiger partial charge in [0, 0.05) is 18.2 Å². The van der Waals surface area contributed by atoms with Crippen molar-refractivity contribution in [2.75, 3.05) is 11.1 Å². The molecule has 1 N–H and O–H groups in total. The lowest BCUT2D eigenvalue weighted by Crippen LogP contribution is -2.14. The van der Waals surface area contributed by atoms with Crippen LogP contribution in [0.4, 0.5) is 10.1 Å². The molecule has 1 amide bonds. The number of amides is 1. The summed E-state index contributed by atoms with van der Waals surface area (Å²) in [6.07, 6.45) is 3.36. The Balaban J connectivity index is 1.59. The molecule has 1 aromatic heterocycles. The van der Waals surface area contributed by atoms with Gasteiger partial charge in [-0.3, -0.25) is 4.79 Å². The van der Waals surface area contributed by atoms with E-state index in [9.17, 15) is 9.18 Å². The number of thioether (sulfide) groups is 1. The lowest BCUT2D eigenvalue weighted by molar-refractivity contribution is -0.113. The number of nitrogens with zero attached hydrogens (tertiary/aromatic N) is 3. The largest absolute Gasteiger partial charge is 0.325 e. The van der Waals surface area contributed by atoms with E-state index in [1.807, 2.05) is 0 Å². The van der Waals surface area contributed by atoms with Crippen LogP contribution >= 0.6 is 11.8 Å². The molecular formula is C16H19FN4OS. The van der Waals surface area contributed by atoms with Gasteiger partial charge in [0.2, 0.25) is 5.91 Å². The summed E-state index contributed by atoms with van der Waals surface area (Å²) >= 11 is 1.39. The molecule has 7 heteroatoms. The molecule has 5 nitrogen and oxygen atoms in total. The number of anilines is 1. The van der Waals surface area contributed by atoms with Crippen LogP contribution in [0, 0.1) is 5.82 Å². The number of halogens is 1. The normalized spacial score (nSPS) is 14.0. The first-order valence-corrected chi connectivity index (χ1v) is 8.77. The average molecular weight is 334 g/mol. The van der Waals surface area contributed by atoms with E-state index in [0.717, 1.165) is 23.9 Å². The first kappa shape index (κ1) is 16.0. The van der Waals surface area contributed by atoms with Crippen LogP contribution in [0.2, 0.25) is 0 Å². The molecule has 3 rings (SSSR count). The number of aromatic nitrogens is 3. The number of carbonyl (C=O) groups excluding carboxylic acids is 1. The third-order valence-electron chi connectivity index (χ3n) is 3.60. The van der Waals surface area contributed by atoms with Crippen molar-refractivity contribution in [1.82, 2.24) is 14.8 Å². The van der Waals surface area contributed by atoms with Crippen molar-refractivity contribution in [1.29, 1.82) is 0 Å². The van der Waals surface area contributed by atoms with Crippen LogP contribution < -0.4 is 5.32 Å². The molecular weight excluding hydrogens is 315 g/mol. The van der Waals surface area contributed by atoms with Crippen LogP contribution in [0.5, 0.6) is 0 Å². The fourth-order valence-corrected chi connectivity index (χ4v) is 3.12. The molecule has 23 heavy (non-hydrogen) atoms. The Labute approximate surface area is 138 Å². The predicted molar refractivity (Wildman–Crippen MR) is 88.0 cm³/mol. The summed E-state index contributed by atoms with van der Waals surface area (Å²) in [6, 6.07) is 5.73. The first-order chi connectivity index (χ1) is 11.2. The maximum Gasteiger partial charge on any atom is 0.234 e. The maximum atomic E-state index is 12.8. The van der Waals surface area contributed by atoms with Gasteiger partial charge in [0.15, 0.2) is 5.16 Å². The van der Waals surface area contributed by atoms with Gasteiger partial charge in [-0.15, -0.1) is 10.2 Å². The van der Waals surface area contributed by atoms with Gasteiger partial charge in [-0.1, -0.05) is 18.7 Å². The average Bonchev–Trinajstić information content (AvgIpc) is 3.30. The maximum absolute atomic E-state index is 12.8. The van der Waals surface area contributed by atoms with Crippen molar-refractivity contribution in [2.45, 2.75) is 43.8 Å². The van der Waals surface area contributed by atoms with Crippen LogP contribution in [0.1, 0.15) is 37.9 Å². The molecule has 0 bridgehead atoms. The Bertz CT molecular complexity index is 682.